The van der Waals surface area contributed by atoms with Crippen molar-refractivity contribution in [3.05, 3.63) is 47.0 Å². The SMILES string of the molecule is C=C(C)/C=C\C(=C)c1cnc(C(C)(C)C)s1. The molecule has 0 atom stereocenters. The summed E-state index contributed by atoms with van der Waals surface area (Å²) in [5.41, 5.74) is 2.14. The summed E-state index contributed by atoms with van der Waals surface area (Å²) in [5.74, 6) is 0. The van der Waals surface area contributed by atoms with Crippen LogP contribution in [0.1, 0.15) is 37.6 Å². The number of nitrogens with zero attached hydrogens (tertiary/aromatic N) is 1. The van der Waals surface area contributed by atoms with Crippen LogP contribution in [0.4, 0.5) is 0 Å². The van der Waals surface area contributed by atoms with Crippen molar-refractivity contribution >= 4 is 16.9 Å². The lowest BCUT2D eigenvalue weighted by atomic mass is 9.98. The molecule has 0 spiro atoms. The first-order valence-corrected chi connectivity index (χ1v) is 6.11. The zero-order valence-electron chi connectivity index (χ0n) is 10.5. The third-order valence-corrected chi connectivity index (χ3v) is 3.53. The summed E-state index contributed by atoms with van der Waals surface area (Å²) in [6, 6.07) is 0. The average Bonchev–Trinajstić information content (AvgIpc) is 2.61. The standard InChI is InChI=1S/C14H19NS/c1-10(2)7-8-11(3)12-9-15-13(16-12)14(4,5)6/h7-9H,1,3H2,2,4-6H3/b8-7-. The van der Waals surface area contributed by atoms with Crippen LogP contribution in [0.3, 0.4) is 0 Å². The van der Waals surface area contributed by atoms with Gasteiger partial charge in [-0.1, -0.05) is 51.7 Å². The van der Waals surface area contributed by atoms with E-state index in [1.807, 2.05) is 25.3 Å². The summed E-state index contributed by atoms with van der Waals surface area (Å²) in [5, 5.41) is 1.15. The van der Waals surface area contributed by atoms with Gasteiger partial charge in [-0.05, 0) is 12.5 Å². The molecule has 1 aromatic rings. The fourth-order valence-electron chi connectivity index (χ4n) is 1.09. The molecule has 1 aromatic heterocycles. The molecule has 0 radical (unpaired) electrons. The molecule has 0 unspecified atom stereocenters. The molecule has 2 heteroatoms. The molecule has 1 nitrogen and oxygen atoms in total. The molecule has 0 aliphatic carbocycles. The Bertz CT molecular complexity index is 430. The Morgan fingerprint density at radius 1 is 1.31 bits per heavy atom. The van der Waals surface area contributed by atoms with Crippen molar-refractivity contribution in [2.24, 2.45) is 0 Å². The molecule has 0 aromatic carbocycles. The van der Waals surface area contributed by atoms with Gasteiger partial charge in [-0.2, -0.15) is 0 Å². The van der Waals surface area contributed by atoms with Gasteiger partial charge in [-0.3, -0.25) is 0 Å². The van der Waals surface area contributed by atoms with E-state index in [9.17, 15) is 0 Å². The highest BCUT2D eigenvalue weighted by atomic mass is 32.1. The fraction of sp³-hybridized carbons (Fsp3) is 0.357. The maximum absolute atomic E-state index is 4.44. The van der Waals surface area contributed by atoms with Crippen molar-refractivity contribution in [1.82, 2.24) is 4.98 Å². The van der Waals surface area contributed by atoms with Crippen molar-refractivity contribution in [1.29, 1.82) is 0 Å². The molecule has 0 amide bonds. The molecule has 0 N–H and O–H groups in total. The molecular formula is C14H19NS. The quantitative estimate of drug-likeness (QED) is 0.696. The smallest absolute Gasteiger partial charge is 0.0984 e. The Hall–Kier alpha value is -1.15. The maximum atomic E-state index is 4.44. The number of hydrogen-bond donors (Lipinski definition) is 0. The monoisotopic (exact) mass is 233 g/mol. The van der Waals surface area contributed by atoms with Gasteiger partial charge in [0.1, 0.15) is 0 Å². The lowest BCUT2D eigenvalue weighted by molar-refractivity contribution is 0.585. The minimum Gasteiger partial charge on any atom is -0.248 e. The molecule has 1 heterocycles. The maximum Gasteiger partial charge on any atom is 0.0984 e. The van der Waals surface area contributed by atoms with Gasteiger partial charge >= 0.3 is 0 Å². The van der Waals surface area contributed by atoms with E-state index in [1.54, 1.807) is 11.3 Å². The molecule has 0 fully saturated rings. The van der Waals surface area contributed by atoms with E-state index in [0.29, 0.717) is 0 Å². The predicted octanol–water partition coefficient (Wildman–Crippen LogP) is 4.59. The number of thiazole rings is 1. The summed E-state index contributed by atoms with van der Waals surface area (Å²) in [4.78, 5) is 5.56. The largest absolute Gasteiger partial charge is 0.248 e. The van der Waals surface area contributed by atoms with Crippen molar-refractivity contribution in [3.63, 3.8) is 0 Å². The van der Waals surface area contributed by atoms with E-state index in [1.165, 1.54) is 0 Å². The first-order chi connectivity index (χ1) is 7.30. The molecule has 0 bridgehead atoms. The zero-order valence-corrected chi connectivity index (χ0v) is 11.3. The normalized spacial score (nSPS) is 12.0. The third-order valence-electron chi connectivity index (χ3n) is 2.03. The molecule has 86 valence electrons. The lowest BCUT2D eigenvalue weighted by Crippen LogP contribution is -2.09. The first kappa shape index (κ1) is 12.9. The summed E-state index contributed by atoms with van der Waals surface area (Å²) in [6.45, 7) is 16.3. The van der Waals surface area contributed by atoms with Crippen molar-refractivity contribution in [2.75, 3.05) is 0 Å². The van der Waals surface area contributed by atoms with Crippen LogP contribution in [0.25, 0.3) is 5.57 Å². The van der Waals surface area contributed by atoms with Crippen LogP contribution in [0.5, 0.6) is 0 Å². The van der Waals surface area contributed by atoms with Crippen LogP contribution < -0.4 is 0 Å². The summed E-state index contributed by atoms with van der Waals surface area (Å²) in [6.07, 6.45) is 5.86. The van der Waals surface area contributed by atoms with Crippen molar-refractivity contribution in [3.8, 4) is 0 Å². The van der Waals surface area contributed by atoms with Crippen LogP contribution in [-0.4, -0.2) is 4.98 Å². The molecular weight excluding hydrogens is 214 g/mol. The minimum absolute atomic E-state index is 0.112. The first-order valence-electron chi connectivity index (χ1n) is 5.30. The Balaban J connectivity index is 2.87. The number of hydrogen-bond acceptors (Lipinski definition) is 2. The van der Waals surface area contributed by atoms with Crippen molar-refractivity contribution < 1.29 is 0 Å². The van der Waals surface area contributed by atoms with E-state index in [-0.39, 0.29) is 5.41 Å². The second-order valence-corrected chi connectivity index (χ2v) is 6.02. The van der Waals surface area contributed by atoms with Gasteiger partial charge in [0.15, 0.2) is 0 Å². The molecule has 0 saturated carbocycles. The van der Waals surface area contributed by atoms with Gasteiger partial charge in [0.2, 0.25) is 0 Å². The topological polar surface area (TPSA) is 12.9 Å². The Labute approximate surface area is 102 Å². The average molecular weight is 233 g/mol. The summed E-state index contributed by atoms with van der Waals surface area (Å²) >= 11 is 1.71. The Morgan fingerprint density at radius 2 is 1.94 bits per heavy atom. The van der Waals surface area contributed by atoms with Crippen molar-refractivity contribution in [2.45, 2.75) is 33.1 Å². The van der Waals surface area contributed by atoms with Gasteiger partial charge in [-0.25, -0.2) is 4.98 Å². The van der Waals surface area contributed by atoms with E-state index in [0.717, 1.165) is 21.0 Å². The minimum atomic E-state index is 0.112. The predicted molar refractivity (Wildman–Crippen MR) is 73.8 cm³/mol. The van der Waals surface area contributed by atoms with Gasteiger partial charge in [0.25, 0.3) is 0 Å². The number of aromatic nitrogens is 1. The second-order valence-electron chi connectivity index (χ2n) is 4.98. The molecule has 0 aliphatic rings. The van der Waals surface area contributed by atoms with Gasteiger partial charge < -0.3 is 0 Å². The highest BCUT2D eigenvalue weighted by Gasteiger charge is 2.18. The van der Waals surface area contributed by atoms with Crippen LogP contribution in [-0.2, 0) is 5.41 Å². The second kappa shape index (κ2) is 4.79. The van der Waals surface area contributed by atoms with E-state index >= 15 is 0 Å². The van der Waals surface area contributed by atoms with E-state index in [2.05, 4.69) is 38.9 Å². The van der Waals surface area contributed by atoms with Crippen LogP contribution in [0, 0.1) is 0 Å². The fourth-order valence-corrected chi connectivity index (χ4v) is 2.02. The van der Waals surface area contributed by atoms with Crippen LogP contribution in [0.2, 0.25) is 0 Å². The third kappa shape index (κ3) is 3.46. The number of allylic oxidation sites excluding steroid dienone is 4. The van der Waals surface area contributed by atoms with Gasteiger partial charge in [-0.15, -0.1) is 11.3 Å². The summed E-state index contributed by atoms with van der Waals surface area (Å²) in [7, 11) is 0. The highest BCUT2D eigenvalue weighted by molar-refractivity contribution is 7.12. The van der Waals surface area contributed by atoms with E-state index < -0.39 is 0 Å². The molecule has 16 heavy (non-hydrogen) atoms. The van der Waals surface area contributed by atoms with Crippen LogP contribution in [0.15, 0.2) is 37.1 Å². The Morgan fingerprint density at radius 3 is 2.38 bits per heavy atom. The zero-order chi connectivity index (χ0) is 12.3. The Kier molecular flexibility index (Phi) is 3.87. The number of rotatable bonds is 3. The molecule has 0 aliphatic heterocycles. The van der Waals surface area contributed by atoms with Gasteiger partial charge in [0, 0.05) is 11.6 Å². The lowest BCUT2D eigenvalue weighted by Gasteiger charge is -2.13. The van der Waals surface area contributed by atoms with Gasteiger partial charge in [0.05, 0.1) is 9.88 Å². The summed E-state index contributed by atoms with van der Waals surface area (Å²) < 4.78 is 0. The molecule has 0 saturated heterocycles. The highest BCUT2D eigenvalue weighted by Crippen LogP contribution is 2.30. The molecule has 1 rings (SSSR count). The van der Waals surface area contributed by atoms with E-state index in [4.69, 9.17) is 0 Å². The van der Waals surface area contributed by atoms with Crippen LogP contribution >= 0.6 is 11.3 Å².